The molecule has 1 unspecified atom stereocenters. The number of carbonyl (C=O) groups is 1. The van der Waals surface area contributed by atoms with E-state index in [2.05, 4.69) is 5.32 Å². The molecular weight excluding hydrogens is 237 g/mol. The number of aliphatic carboxylic acids is 1. The number of nitrogens with one attached hydrogen (secondary N) is 1. The predicted octanol–water partition coefficient (Wildman–Crippen LogP) is 1.53. The number of carboxylic acid groups (broad SMARTS) is 1. The van der Waals surface area contributed by atoms with Crippen LogP contribution in [0, 0.1) is 0 Å². The summed E-state index contributed by atoms with van der Waals surface area (Å²) < 4.78 is 37.0. The van der Waals surface area contributed by atoms with Crippen LogP contribution in [0.3, 0.4) is 0 Å². The normalized spacial score (nSPS) is 13.2. The first-order valence-electron chi connectivity index (χ1n) is 4.70. The molecule has 0 saturated heterocycles. The number of anilines is 1. The zero-order chi connectivity index (χ0) is 13.1. The fraction of sp³-hybridized carbons (Fsp3) is 0.300. The van der Waals surface area contributed by atoms with Crippen LogP contribution < -0.4 is 11.1 Å². The monoisotopic (exact) mass is 248 g/mol. The molecule has 0 heterocycles. The second-order valence-corrected chi connectivity index (χ2v) is 3.40. The van der Waals surface area contributed by atoms with Crippen LogP contribution in [-0.2, 0) is 11.0 Å². The third kappa shape index (κ3) is 3.95. The molecule has 0 aliphatic carbocycles. The van der Waals surface area contributed by atoms with Crippen molar-refractivity contribution in [2.24, 2.45) is 5.73 Å². The van der Waals surface area contributed by atoms with Crippen molar-refractivity contribution in [3.63, 3.8) is 0 Å². The first kappa shape index (κ1) is 13.3. The highest BCUT2D eigenvalue weighted by atomic mass is 19.4. The van der Waals surface area contributed by atoms with Crippen molar-refractivity contribution in [2.45, 2.75) is 12.2 Å². The largest absolute Gasteiger partial charge is 0.480 e. The molecule has 1 aromatic carbocycles. The van der Waals surface area contributed by atoms with Crippen molar-refractivity contribution in [1.82, 2.24) is 0 Å². The van der Waals surface area contributed by atoms with Gasteiger partial charge >= 0.3 is 12.1 Å². The maximum absolute atomic E-state index is 12.3. The van der Waals surface area contributed by atoms with E-state index in [9.17, 15) is 18.0 Å². The second-order valence-electron chi connectivity index (χ2n) is 3.40. The third-order valence-electron chi connectivity index (χ3n) is 2.03. The summed E-state index contributed by atoms with van der Waals surface area (Å²) in [4.78, 5) is 10.4. The summed E-state index contributed by atoms with van der Waals surface area (Å²) in [6.45, 7) is -0.142. The fourth-order valence-corrected chi connectivity index (χ4v) is 1.12. The molecule has 94 valence electrons. The summed E-state index contributed by atoms with van der Waals surface area (Å²) >= 11 is 0. The second kappa shape index (κ2) is 5.05. The zero-order valence-corrected chi connectivity index (χ0v) is 8.66. The van der Waals surface area contributed by atoms with Gasteiger partial charge in [0.15, 0.2) is 0 Å². The van der Waals surface area contributed by atoms with E-state index in [1.807, 2.05) is 0 Å². The van der Waals surface area contributed by atoms with Gasteiger partial charge in [0.2, 0.25) is 0 Å². The summed E-state index contributed by atoms with van der Waals surface area (Å²) in [6.07, 6.45) is -4.42. The minimum atomic E-state index is -4.42. The average molecular weight is 248 g/mol. The molecule has 0 saturated carbocycles. The SMILES string of the molecule is NC(CNc1cccc(C(F)(F)F)c1)C(=O)O. The van der Waals surface area contributed by atoms with Gasteiger partial charge in [0, 0.05) is 12.2 Å². The van der Waals surface area contributed by atoms with Gasteiger partial charge in [-0.15, -0.1) is 0 Å². The van der Waals surface area contributed by atoms with Crippen molar-refractivity contribution < 1.29 is 23.1 Å². The summed E-state index contributed by atoms with van der Waals surface area (Å²) in [6, 6.07) is 3.31. The Morgan fingerprint density at radius 3 is 2.65 bits per heavy atom. The summed E-state index contributed by atoms with van der Waals surface area (Å²) in [5.74, 6) is -1.22. The van der Waals surface area contributed by atoms with Crippen LogP contribution in [0.1, 0.15) is 5.56 Å². The molecule has 1 rings (SSSR count). The number of hydrogen-bond acceptors (Lipinski definition) is 3. The van der Waals surface area contributed by atoms with Crippen molar-refractivity contribution in [2.75, 3.05) is 11.9 Å². The van der Waals surface area contributed by atoms with Gasteiger partial charge in [-0.2, -0.15) is 13.2 Å². The van der Waals surface area contributed by atoms with Crippen LogP contribution in [-0.4, -0.2) is 23.7 Å². The molecule has 4 nitrogen and oxygen atoms in total. The third-order valence-corrected chi connectivity index (χ3v) is 2.03. The first-order chi connectivity index (χ1) is 7.80. The van der Waals surface area contributed by atoms with Crippen LogP contribution >= 0.6 is 0 Å². The van der Waals surface area contributed by atoms with Gasteiger partial charge in [-0.25, -0.2) is 0 Å². The number of rotatable bonds is 4. The lowest BCUT2D eigenvalue weighted by Crippen LogP contribution is -2.36. The Bertz CT molecular complexity index is 407. The predicted molar refractivity (Wildman–Crippen MR) is 55.5 cm³/mol. The summed E-state index contributed by atoms with van der Waals surface area (Å²) in [7, 11) is 0. The molecule has 0 fully saturated rings. The number of nitrogens with two attached hydrogens (primary N) is 1. The quantitative estimate of drug-likeness (QED) is 0.755. The molecule has 0 bridgehead atoms. The highest BCUT2D eigenvalue weighted by Gasteiger charge is 2.30. The lowest BCUT2D eigenvalue weighted by atomic mass is 10.2. The number of alkyl halides is 3. The number of hydrogen-bond donors (Lipinski definition) is 3. The molecule has 0 radical (unpaired) electrons. The van der Waals surface area contributed by atoms with E-state index in [-0.39, 0.29) is 12.2 Å². The maximum Gasteiger partial charge on any atom is 0.416 e. The Hall–Kier alpha value is -1.76. The Kier molecular flexibility index (Phi) is 3.95. The Morgan fingerprint density at radius 2 is 2.12 bits per heavy atom. The first-order valence-corrected chi connectivity index (χ1v) is 4.70. The van der Waals surface area contributed by atoms with Crippen LogP contribution in [0.15, 0.2) is 24.3 Å². The average Bonchev–Trinajstić information content (AvgIpc) is 2.25. The molecular formula is C10H11F3N2O2. The highest BCUT2D eigenvalue weighted by molar-refractivity contribution is 5.74. The molecule has 1 aromatic rings. The van der Waals surface area contributed by atoms with Crippen LogP contribution in [0.25, 0.3) is 0 Å². The van der Waals surface area contributed by atoms with E-state index < -0.39 is 23.8 Å². The van der Waals surface area contributed by atoms with Crippen molar-refractivity contribution >= 4 is 11.7 Å². The number of benzene rings is 1. The maximum atomic E-state index is 12.3. The summed E-state index contributed by atoms with van der Waals surface area (Å²) in [5, 5.41) is 11.0. The van der Waals surface area contributed by atoms with E-state index in [0.29, 0.717) is 0 Å². The molecule has 0 spiro atoms. The van der Waals surface area contributed by atoms with E-state index in [4.69, 9.17) is 10.8 Å². The molecule has 0 aliphatic rings. The molecule has 17 heavy (non-hydrogen) atoms. The fourth-order valence-electron chi connectivity index (χ4n) is 1.12. The van der Waals surface area contributed by atoms with Crippen LogP contribution in [0.2, 0.25) is 0 Å². The topological polar surface area (TPSA) is 75.3 Å². The number of carboxylic acids is 1. The van der Waals surface area contributed by atoms with Crippen LogP contribution in [0.5, 0.6) is 0 Å². The Morgan fingerprint density at radius 1 is 1.47 bits per heavy atom. The molecule has 0 aliphatic heterocycles. The smallest absolute Gasteiger partial charge is 0.416 e. The Balaban J connectivity index is 2.70. The number of halogens is 3. The van der Waals surface area contributed by atoms with E-state index in [0.717, 1.165) is 12.1 Å². The van der Waals surface area contributed by atoms with Gasteiger partial charge in [-0.05, 0) is 18.2 Å². The lowest BCUT2D eigenvalue weighted by molar-refractivity contribution is -0.138. The van der Waals surface area contributed by atoms with Gasteiger partial charge in [0.25, 0.3) is 0 Å². The van der Waals surface area contributed by atoms with Gasteiger partial charge in [0.05, 0.1) is 5.56 Å². The highest BCUT2D eigenvalue weighted by Crippen LogP contribution is 2.30. The van der Waals surface area contributed by atoms with Gasteiger partial charge < -0.3 is 16.2 Å². The van der Waals surface area contributed by atoms with Crippen molar-refractivity contribution in [1.29, 1.82) is 0 Å². The lowest BCUT2D eigenvalue weighted by Gasteiger charge is -2.12. The molecule has 1 atom stereocenters. The van der Waals surface area contributed by atoms with Crippen LogP contribution in [0.4, 0.5) is 18.9 Å². The van der Waals surface area contributed by atoms with E-state index in [1.54, 1.807) is 0 Å². The van der Waals surface area contributed by atoms with Gasteiger partial charge in [-0.3, -0.25) is 4.79 Å². The molecule has 7 heteroatoms. The van der Waals surface area contributed by atoms with Gasteiger partial charge in [0.1, 0.15) is 6.04 Å². The minimum absolute atomic E-state index is 0.142. The Labute approximate surface area is 95.2 Å². The van der Waals surface area contributed by atoms with Crippen molar-refractivity contribution in [3.05, 3.63) is 29.8 Å². The zero-order valence-electron chi connectivity index (χ0n) is 8.66. The van der Waals surface area contributed by atoms with E-state index in [1.165, 1.54) is 12.1 Å². The van der Waals surface area contributed by atoms with Gasteiger partial charge in [-0.1, -0.05) is 6.07 Å². The molecule has 0 aromatic heterocycles. The molecule has 4 N–H and O–H groups in total. The summed E-state index contributed by atoms with van der Waals surface area (Å²) in [5.41, 5.74) is 4.58. The standard InChI is InChI=1S/C10H11F3N2O2/c11-10(12,13)6-2-1-3-7(4-6)15-5-8(14)9(16)17/h1-4,8,15H,5,14H2,(H,16,17). The molecule has 0 amide bonds. The van der Waals surface area contributed by atoms with E-state index >= 15 is 0 Å². The van der Waals surface area contributed by atoms with Crippen molar-refractivity contribution in [3.8, 4) is 0 Å². The minimum Gasteiger partial charge on any atom is -0.480 e.